The number of carbonyl (C=O) groups is 2. The molecule has 4 heteroatoms. The second-order valence-electron chi connectivity index (χ2n) is 4.85. The number of hydrogen-bond donors (Lipinski definition) is 1. The maximum absolute atomic E-state index is 11.3. The second-order valence-corrected chi connectivity index (χ2v) is 4.85. The lowest BCUT2D eigenvalue weighted by Gasteiger charge is -2.19. The van der Waals surface area contributed by atoms with Crippen molar-refractivity contribution in [1.29, 1.82) is 0 Å². The summed E-state index contributed by atoms with van der Waals surface area (Å²) in [5.74, 6) is -2.83. The zero-order valence-electron chi connectivity index (χ0n) is 9.15. The van der Waals surface area contributed by atoms with Crippen LogP contribution in [0.4, 0.5) is 0 Å². The van der Waals surface area contributed by atoms with Gasteiger partial charge in [-0.2, -0.15) is 0 Å². The third kappa shape index (κ3) is 3.31. The Labute approximate surface area is 88.7 Å². The molecule has 0 aromatic carbocycles. The number of amides is 1. The normalized spacial score (nSPS) is 21.4. The molecule has 1 N–H and O–H groups in total. The number of carboxylic acid groups (broad SMARTS) is 1. The van der Waals surface area contributed by atoms with Crippen LogP contribution in [0.2, 0.25) is 0 Å². The van der Waals surface area contributed by atoms with Gasteiger partial charge in [0.05, 0.1) is 0 Å². The Kier molecular flexibility index (Phi) is 3.07. The third-order valence-electron chi connectivity index (χ3n) is 1.98. The van der Waals surface area contributed by atoms with Crippen LogP contribution in [-0.4, -0.2) is 22.7 Å². The zero-order valence-corrected chi connectivity index (χ0v) is 9.15. The Morgan fingerprint density at radius 3 is 2.53 bits per heavy atom. The first-order chi connectivity index (χ1) is 6.79. The van der Waals surface area contributed by atoms with Crippen molar-refractivity contribution in [1.82, 2.24) is 0 Å². The standard InChI is InChI=1S/C11H15NO3/c1-11(2,3)6-7-4-5-8(10(14)15)9(13)12-7/h4-5,8H,6H2,1-3H3,(H,14,15). The fraction of sp³-hybridized carbons (Fsp3) is 0.545. The molecule has 0 aromatic rings. The minimum atomic E-state index is -1.14. The zero-order chi connectivity index (χ0) is 11.6. The van der Waals surface area contributed by atoms with Crippen molar-refractivity contribution >= 4 is 17.6 Å². The van der Waals surface area contributed by atoms with Crippen molar-refractivity contribution < 1.29 is 14.7 Å². The third-order valence-corrected chi connectivity index (χ3v) is 1.98. The number of aliphatic imine (C=N–C) groups is 1. The van der Waals surface area contributed by atoms with Gasteiger partial charge in [-0.1, -0.05) is 26.8 Å². The predicted octanol–water partition coefficient (Wildman–Crippen LogP) is 1.66. The number of nitrogens with zero attached hydrogens (tertiary/aromatic N) is 1. The van der Waals surface area contributed by atoms with E-state index >= 15 is 0 Å². The lowest BCUT2D eigenvalue weighted by molar-refractivity contribution is -0.143. The highest BCUT2D eigenvalue weighted by atomic mass is 16.4. The van der Waals surface area contributed by atoms with Crippen LogP contribution in [0.25, 0.3) is 0 Å². The molecule has 1 atom stereocenters. The number of hydrogen-bond acceptors (Lipinski definition) is 2. The van der Waals surface area contributed by atoms with Crippen LogP contribution < -0.4 is 0 Å². The lowest BCUT2D eigenvalue weighted by Crippen LogP contribution is -2.25. The highest BCUT2D eigenvalue weighted by molar-refractivity contribution is 6.11. The van der Waals surface area contributed by atoms with Gasteiger partial charge in [-0.15, -0.1) is 0 Å². The van der Waals surface area contributed by atoms with Gasteiger partial charge < -0.3 is 5.11 Å². The van der Waals surface area contributed by atoms with Crippen LogP contribution in [0.3, 0.4) is 0 Å². The lowest BCUT2D eigenvalue weighted by atomic mass is 9.88. The fourth-order valence-corrected chi connectivity index (χ4v) is 1.37. The van der Waals surface area contributed by atoms with Gasteiger partial charge in [0.15, 0.2) is 5.92 Å². The molecule has 4 nitrogen and oxygen atoms in total. The summed E-state index contributed by atoms with van der Waals surface area (Å²) in [4.78, 5) is 25.7. The molecule has 1 aliphatic rings. The van der Waals surface area contributed by atoms with Crippen molar-refractivity contribution in [3.63, 3.8) is 0 Å². The number of allylic oxidation sites excluding steroid dienone is 1. The number of dihydropyridines is 1. The Balaban J connectivity index is 2.76. The van der Waals surface area contributed by atoms with Crippen LogP contribution in [0.1, 0.15) is 27.2 Å². The number of carbonyl (C=O) groups excluding carboxylic acids is 1. The number of rotatable bonds is 2. The van der Waals surface area contributed by atoms with Crippen LogP contribution in [0.15, 0.2) is 17.1 Å². The molecule has 0 fully saturated rings. The maximum atomic E-state index is 11.3. The summed E-state index contributed by atoms with van der Waals surface area (Å²) in [6, 6.07) is 0. The summed E-state index contributed by atoms with van der Waals surface area (Å²) >= 11 is 0. The second kappa shape index (κ2) is 3.96. The minimum Gasteiger partial charge on any atom is -0.480 e. The van der Waals surface area contributed by atoms with Gasteiger partial charge in [-0.3, -0.25) is 9.59 Å². The predicted molar refractivity (Wildman–Crippen MR) is 56.8 cm³/mol. The minimum absolute atomic E-state index is 0.0412. The molecule has 1 aliphatic heterocycles. The molecular weight excluding hydrogens is 194 g/mol. The average molecular weight is 209 g/mol. The van der Waals surface area contributed by atoms with Gasteiger partial charge in [0.25, 0.3) is 5.91 Å². The number of aliphatic carboxylic acids is 1. The first-order valence-corrected chi connectivity index (χ1v) is 4.82. The van der Waals surface area contributed by atoms with Gasteiger partial charge in [0.1, 0.15) is 0 Å². The molecule has 82 valence electrons. The quantitative estimate of drug-likeness (QED) is 0.703. The molecule has 0 saturated heterocycles. The molecule has 0 aromatic heterocycles. The van der Waals surface area contributed by atoms with Crippen molar-refractivity contribution in [2.75, 3.05) is 0 Å². The Morgan fingerprint density at radius 2 is 2.13 bits per heavy atom. The molecule has 0 radical (unpaired) electrons. The van der Waals surface area contributed by atoms with Crippen molar-refractivity contribution in [2.45, 2.75) is 27.2 Å². The first-order valence-electron chi connectivity index (χ1n) is 4.82. The van der Waals surface area contributed by atoms with E-state index in [0.717, 1.165) is 0 Å². The molecular formula is C11H15NO3. The van der Waals surface area contributed by atoms with E-state index in [2.05, 4.69) is 4.99 Å². The van der Waals surface area contributed by atoms with Crippen LogP contribution >= 0.6 is 0 Å². The Bertz CT molecular complexity index is 347. The first kappa shape index (κ1) is 11.6. The molecule has 0 saturated carbocycles. The monoisotopic (exact) mass is 209 g/mol. The summed E-state index contributed by atoms with van der Waals surface area (Å²) < 4.78 is 0. The van der Waals surface area contributed by atoms with E-state index in [9.17, 15) is 9.59 Å². The molecule has 1 unspecified atom stereocenters. The van der Waals surface area contributed by atoms with E-state index in [0.29, 0.717) is 12.1 Å². The van der Waals surface area contributed by atoms with Gasteiger partial charge >= 0.3 is 5.97 Å². The van der Waals surface area contributed by atoms with Crippen molar-refractivity contribution in [3.05, 3.63) is 12.2 Å². The van der Waals surface area contributed by atoms with E-state index in [1.54, 1.807) is 6.08 Å². The molecule has 0 aliphatic carbocycles. The Hall–Kier alpha value is -1.45. The van der Waals surface area contributed by atoms with Gasteiger partial charge in [-0.25, -0.2) is 4.99 Å². The molecule has 15 heavy (non-hydrogen) atoms. The van der Waals surface area contributed by atoms with Crippen molar-refractivity contribution in [3.8, 4) is 0 Å². The topological polar surface area (TPSA) is 66.7 Å². The van der Waals surface area contributed by atoms with E-state index in [-0.39, 0.29) is 5.41 Å². The molecule has 0 spiro atoms. The summed E-state index contributed by atoms with van der Waals surface area (Å²) in [5, 5.41) is 8.69. The SMILES string of the molecule is CC(C)(C)CC1=NC(=O)C(C(=O)O)C=C1. The van der Waals surface area contributed by atoms with Crippen LogP contribution in [-0.2, 0) is 9.59 Å². The summed E-state index contributed by atoms with van der Waals surface area (Å²) in [5.41, 5.74) is 0.699. The van der Waals surface area contributed by atoms with Crippen LogP contribution in [0, 0.1) is 11.3 Å². The molecule has 0 bridgehead atoms. The van der Waals surface area contributed by atoms with Crippen molar-refractivity contribution in [2.24, 2.45) is 16.3 Å². The summed E-state index contributed by atoms with van der Waals surface area (Å²) in [7, 11) is 0. The highest BCUT2D eigenvalue weighted by Crippen LogP contribution is 2.22. The smallest absolute Gasteiger partial charge is 0.320 e. The maximum Gasteiger partial charge on any atom is 0.320 e. The van der Waals surface area contributed by atoms with E-state index in [1.165, 1.54) is 6.08 Å². The van der Waals surface area contributed by atoms with Gasteiger partial charge in [0, 0.05) is 5.71 Å². The van der Waals surface area contributed by atoms with Gasteiger partial charge in [0.2, 0.25) is 0 Å². The van der Waals surface area contributed by atoms with E-state index in [1.807, 2.05) is 20.8 Å². The van der Waals surface area contributed by atoms with E-state index in [4.69, 9.17) is 5.11 Å². The fourth-order valence-electron chi connectivity index (χ4n) is 1.37. The molecule has 1 amide bonds. The van der Waals surface area contributed by atoms with Gasteiger partial charge in [-0.05, 0) is 17.9 Å². The number of carboxylic acids is 1. The Morgan fingerprint density at radius 1 is 1.53 bits per heavy atom. The largest absolute Gasteiger partial charge is 0.480 e. The highest BCUT2D eigenvalue weighted by Gasteiger charge is 2.27. The molecule has 1 rings (SSSR count). The van der Waals surface area contributed by atoms with Crippen LogP contribution in [0.5, 0.6) is 0 Å². The summed E-state index contributed by atoms with van der Waals surface area (Å²) in [6.07, 6.45) is 3.70. The van der Waals surface area contributed by atoms with E-state index < -0.39 is 17.8 Å². The average Bonchev–Trinajstić information content (AvgIpc) is 1.99. The summed E-state index contributed by atoms with van der Waals surface area (Å²) in [6.45, 7) is 6.12. The molecule has 1 heterocycles.